The van der Waals surface area contributed by atoms with Crippen molar-refractivity contribution in [1.29, 1.82) is 0 Å². The van der Waals surface area contributed by atoms with Crippen molar-refractivity contribution in [3.05, 3.63) is 23.8 Å². The van der Waals surface area contributed by atoms with Crippen LogP contribution in [0.2, 0.25) is 0 Å². The van der Waals surface area contributed by atoms with Crippen LogP contribution in [0.1, 0.15) is 58.3 Å². The fourth-order valence-electron chi connectivity index (χ4n) is 1.95. The summed E-state index contributed by atoms with van der Waals surface area (Å²) in [6, 6.07) is 5.48. The number of carbonyl (C=O) groups excluding carboxylic acids is 1. The zero-order chi connectivity index (χ0) is 16.7. The third kappa shape index (κ3) is 6.73. The van der Waals surface area contributed by atoms with Gasteiger partial charge >= 0.3 is 0 Å². The summed E-state index contributed by atoms with van der Waals surface area (Å²) in [7, 11) is 0. The molecule has 0 N–H and O–H groups in total. The highest BCUT2D eigenvalue weighted by Crippen LogP contribution is 2.28. The lowest BCUT2D eigenvalue weighted by Gasteiger charge is -2.16. The van der Waals surface area contributed by atoms with Gasteiger partial charge < -0.3 is 9.47 Å². The highest BCUT2D eigenvalue weighted by atomic mass is 32.2. The van der Waals surface area contributed by atoms with Gasteiger partial charge in [-0.1, -0.05) is 13.8 Å². The lowest BCUT2D eigenvalue weighted by molar-refractivity contribution is 0.0983. The van der Waals surface area contributed by atoms with E-state index in [0.29, 0.717) is 23.0 Å². The highest BCUT2D eigenvalue weighted by Gasteiger charge is 2.15. The van der Waals surface area contributed by atoms with Crippen molar-refractivity contribution in [2.45, 2.75) is 65.4 Å². The molecule has 0 saturated heterocycles. The number of thioether (sulfide) groups is 1. The second kappa shape index (κ2) is 9.09. The molecule has 0 aliphatic rings. The van der Waals surface area contributed by atoms with E-state index in [1.54, 1.807) is 11.8 Å². The van der Waals surface area contributed by atoms with Crippen LogP contribution in [0.4, 0.5) is 0 Å². The molecule has 0 amide bonds. The van der Waals surface area contributed by atoms with Crippen molar-refractivity contribution < 1.29 is 14.3 Å². The zero-order valence-corrected chi connectivity index (χ0v) is 15.3. The average Bonchev–Trinajstić information content (AvgIpc) is 2.36. The van der Waals surface area contributed by atoms with Gasteiger partial charge in [0, 0.05) is 18.2 Å². The van der Waals surface area contributed by atoms with Gasteiger partial charge in [-0.3, -0.25) is 4.79 Å². The van der Waals surface area contributed by atoms with Gasteiger partial charge in [0.25, 0.3) is 0 Å². The van der Waals surface area contributed by atoms with Crippen LogP contribution in [0, 0.1) is 0 Å². The SMILES string of the molecule is CC(C)Oc1ccc(C(=O)CCSC(C)C)c(OC(C)C)c1. The minimum Gasteiger partial charge on any atom is -0.491 e. The van der Waals surface area contributed by atoms with Gasteiger partial charge in [0.1, 0.15) is 11.5 Å². The predicted octanol–water partition coefficient (Wildman–Crippen LogP) is 4.98. The van der Waals surface area contributed by atoms with E-state index in [4.69, 9.17) is 9.47 Å². The molecule has 22 heavy (non-hydrogen) atoms. The summed E-state index contributed by atoms with van der Waals surface area (Å²) in [4.78, 5) is 12.4. The van der Waals surface area contributed by atoms with Gasteiger partial charge in [0.2, 0.25) is 0 Å². The van der Waals surface area contributed by atoms with Crippen LogP contribution in [0.15, 0.2) is 18.2 Å². The zero-order valence-electron chi connectivity index (χ0n) is 14.5. The Morgan fingerprint density at radius 1 is 1.05 bits per heavy atom. The molecule has 124 valence electrons. The summed E-state index contributed by atoms with van der Waals surface area (Å²) in [6.07, 6.45) is 0.642. The van der Waals surface area contributed by atoms with Gasteiger partial charge in [0.15, 0.2) is 5.78 Å². The van der Waals surface area contributed by atoms with Crippen molar-refractivity contribution in [3.63, 3.8) is 0 Å². The van der Waals surface area contributed by atoms with Crippen LogP contribution < -0.4 is 9.47 Å². The number of carbonyl (C=O) groups is 1. The number of Topliss-reactive ketones (excluding diaryl/α,β-unsaturated/α-hetero) is 1. The fourth-order valence-corrected chi connectivity index (χ4v) is 2.73. The Bertz CT molecular complexity index is 481. The van der Waals surface area contributed by atoms with Crippen molar-refractivity contribution in [2.24, 2.45) is 0 Å². The second-order valence-corrected chi connectivity index (χ2v) is 7.77. The van der Waals surface area contributed by atoms with Crippen LogP contribution in [0.5, 0.6) is 11.5 Å². The number of ketones is 1. The number of hydrogen-bond donors (Lipinski definition) is 0. The summed E-state index contributed by atoms with van der Waals surface area (Å²) >= 11 is 1.80. The Morgan fingerprint density at radius 3 is 2.23 bits per heavy atom. The second-order valence-electron chi connectivity index (χ2n) is 6.08. The molecule has 0 aromatic heterocycles. The monoisotopic (exact) mass is 324 g/mol. The van der Waals surface area contributed by atoms with Gasteiger partial charge in [-0.2, -0.15) is 11.8 Å². The Labute approximate surface area is 138 Å². The van der Waals surface area contributed by atoms with E-state index in [1.807, 2.05) is 45.9 Å². The van der Waals surface area contributed by atoms with Crippen LogP contribution in [0.3, 0.4) is 0 Å². The molecule has 0 aliphatic carbocycles. The third-order valence-corrected chi connectivity index (χ3v) is 3.87. The molecule has 0 radical (unpaired) electrons. The van der Waals surface area contributed by atoms with E-state index in [1.165, 1.54) is 0 Å². The smallest absolute Gasteiger partial charge is 0.167 e. The molecule has 0 heterocycles. The topological polar surface area (TPSA) is 35.5 Å². The number of benzene rings is 1. The van der Waals surface area contributed by atoms with Gasteiger partial charge in [0.05, 0.1) is 17.8 Å². The molecular formula is C18H28O3S. The molecule has 3 nitrogen and oxygen atoms in total. The van der Waals surface area contributed by atoms with Crippen molar-refractivity contribution in [3.8, 4) is 11.5 Å². The van der Waals surface area contributed by atoms with Crippen molar-refractivity contribution >= 4 is 17.5 Å². The van der Waals surface area contributed by atoms with Gasteiger partial charge in [-0.05, 0) is 45.1 Å². The summed E-state index contributed by atoms with van der Waals surface area (Å²) in [5.74, 6) is 2.31. The summed E-state index contributed by atoms with van der Waals surface area (Å²) in [6.45, 7) is 12.1. The first-order valence-corrected chi connectivity index (χ1v) is 8.96. The normalized spacial score (nSPS) is 11.3. The molecule has 0 atom stereocenters. The molecule has 1 aromatic rings. The summed E-state index contributed by atoms with van der Waals surface area (Å²) in [5.41, 5.74) is 0.647. The van der Waals surface area contributed by atoms with Crippen molar-refractivity contribution in [2.75, 3.05) is 5.75 Å². The fraction of sp³-hybridized carbons (Fsp3) is 0.611. The van der Waals surface area contributed by atoms with E-state index in [-0.39, 0.29) is 18.0 Å². The number of hydrogen-bond acceptors (Lipinski definition) is 4. The maximum absolute atomic E-state index is 12.4. The molecule has 1 aromatic carbocycles. The van der Waals surface area contributed by atoms with Gasteiger partial charge in [-0.25, -0.2) is 0 Å². The first-order valence-electron chi connectivity index (χ1n) is 7.91. The lowest BCUT2D eigenvalue weighted by Crippen LogP contribution is -2.12. The molecule has 0 unspecified atom stereocenters. The Hall–Kier alpha value is -1.16. The van der Waals surface area contributed by atoms with Crippen LogP contribution >= 0.6 is 11.8 Å². The van der Waals surface area contributed by atoms with E-state index in [0.717, 1.165) is 11.5 Å². The Kier molecular flexibility index (Phi) is 7.80. The summed E-state index contributed by atoms with van der Waals surface area (Å²) < 4.78 is 11.5. The number of ether oxygens (including phenoxy) is 2. The molecule has 0 bridgehead atoms. The summed E-state index contributed by atoms with van der Waals surface area (Å²) in [5, 5.41) is 0.543. The van der Waals surface area contributed by atoms with Crippen molar-refractivity contribution in [1.82, 2.24) is 0 Å². The number of rotatable bonds is 9. The largest absolute Gasteiger partial charge is 0.491 e. The molecule has 1 rings (SSSR count). The third-order valence-electron chi connectivity index (χ3n) is 2.77. The highest BCUT2D eigenvalue weighted by molar-refractivity contribution is 7.99. The van der Waals surface area contributed by atoms with Crippen LogP contribution in [-0.4, -0.2) is 29.0 Å². The predicted molar refractivity (Wildman–Crippen MR) is 94.5 cm³/mol. The Balaban J connectivity index is 2.89. The van der Waals surface area contributed by atoms with Crippen LogP contribution in [-0.2, 0) is 0 Å². The molecule has 4 heteroatoms. The minimum atomic E-state index is 0.0193. The first kappa shape index (κ1) is 18.9. The molecule has 0 aliphatic heterocycles. The molecular weight excluding hydrogens is 296 g/mol. The van der Waals surface area contributed by atoms with Crippen LogP contribution in [0.25, 0.3) is 0 Å². The molecule has 0 fully saturated rings. The lowest BCUT2D eigenvalue weighted by atomic mass is 10.1. The quantitative estimate of drug-likeness (QED) is 0.600. The van der Waals surface area contributed by atoms with E-state index >= 15 is 0 Å². The standard InChI is InChI=1S/C18H28O3S/c1-12(2)20-15-7-8-16(18(11-15)21-13(3)4)17(19)9-10-22-14(5)6/h7-8,11-14H,9-10H2,1-6H3. The Morgan fingerprint density at radius 2 is 1.68 bits per heavy atom. The maximum Gasteiger partial charge on any atom is 0.167 e. The average molecular weight is 324 g/mol. The van der Waals surface area contributed by atoms with E-state index < -0.39 is 0 Å². The minimum absolute atomic E-state index is 0.0193. The first-order chi connectivity index (χ1) is 10.3. The molecule has 0 spiro atoms. The maximum atomic E-state index is 12.4. The van der Waals surface area contributed by atoms with E-state index in [9.17, 15) is 4.79 Å². The van der Waals surface area contributed by atoms with E-state index in [2.05, 4.69) is 13.8 Å². The van der Waals surface area contributed by atoms with Gasteiger partial charge in [-0.15, -0.1) is 0 Å². The molecule has 0 saturated carbocycles.